The van der Waals surface area contributed by atoms with Crippen molar-refractivity contribution in [2.45, 2.75) is 46.2 Å². The maximum absolute atomic E-state index is 5.54. The van der Waals surface area contributed by atoms with Gasteiger partial charge in [-0.3, -0.25) is 0 Å². The first-order valence-electron chi connectivity index (χ1n) is 6.97. The summed E-state index contributed by atoms with van der Waals surface area (Å²) in [5, 5.41) is 15.4. The second-order valence-corrected chi connectivity index (χ2v) is 5.71. The molecular formula is C13H21N5OS. The predicted molar refractivity (Wildman–Crippen MR) is 79.8 cm³/mol. The largest absolute Gasteiger partial charge is 0.407 e. The molecule has 0 amide bonds. The standard InChI is InChI=1S/C13H21N5OS/c1-4-6-14-8-11-17-18-13(19-11)16-9(3)12-15-7-10(5-2)20-12/h7,9,14H,4-6,8H2,1-3H3,(H,16,18). The number of thiazole rings is 1. The summed E-state index contributed by atoms with van der Waals surface area (Å²) in [6.07, 6.45) is 4.02. The molecule has 2 heterocycles. The summed E-state index contributed by atoms with van der Waals surface area (Å²) >= 11 is 1.71. The van der Waals surface area contributed by atoms with E-state index < -0.39 is 0 Å². The molecule has 0 aliphatic heterocycles. The van der Waals surface area contributed by atoms with Gasteiger partial charge in [-0.05, 0) is 26.3 Å². The van der Waals surface area contributed by atoms with E-state index >= 15 is 0 Å². The minimum Gasteiger partial charge on any atom is -0.407 e. The quantitative estimate of drug-likeness (QED) is 0.729. The summed E-state index contributed by atoms with van der Waals surface area (Å²) in [5.41, 5.74) is 0. The minimum absolute atomic E-state index is 0.0669. The predicted octanol–water partition coefficient (Wildman–Crippen LogP) is 2.76. The molecule has 2 aromatic rings. The second-order valence-electron chi connectivity index (χ2n) is 4.56. The minimum atomic E-state index is 0.0669. The van der Waals surface area contributed by atoms with Crippen molar-refractivity contribution in [3.8, 4) is 0 Å². The average Bonchev–Trinajstić information content (AvgIpc) is 3.08. The summed E-state index contributed by atoms with van der Waals surface area (Å²) in [5.74, 6) is 0.599. The summed E-state index contributed by atoms with van der Waals surface area (Å²) < 4.78 is 5.54. The molecule has 20 heavy (non-hydrogen) atoms. The number of nitrogens with one attached hydrogen (secondary N) is 2. The van der Waals surface area contributed by atoms with Gasteiger partial charge in [0.2, 0.25) is 5.89 Å². The molecule has 1 atom stereocenters. The molecule has 0 saturated heterocycles. The third kappa shape index (κ3) is 4.01. The van der Waals surface area contributed by atoms with Crippen molar-refractivity contribution < 1.29 is 4.42 Å². The maximum Gasteiger partial charge on any atom is 0.316 e. The summed E-state index contributed by atoms with van der Waals surface area (Å²) in [4.78, 5) is 5.69. The number of nitrogens with zero attached hydrogens (tertiary/aromatic N) is 3. The Morgan fingerprint density at radius 1 is 1.35 bits per heavy atom. The van der Waals surface area contributed by atoms with Crippen LogP contribution in [0, 0.1) is 0 Å². The topological polar surface area (TPSA) is 75.9 Å². The highest BCUT2D eigenvalue weighted by atomic mass is 32.1. The Hall–Kier alpha value is -1.47. The number of anilines is 1. The van der Waals surface area contributed by atoms with Crippen LogP contribution in [0.2, 0.25) is 0 Å². The number of hydrogen-bond acceptors (Lipinski definition) is 7. The Labute approximate surface area is 123 Å². The molecule has 2 aromatic heterocycles. The van der Waals surface area contributed by atoms with Crippen LogP contribution in [-0.4, -0.2) is 21.7 Å². The van der Waals surface area contributed by atoms with Gasteiger partial charge in [-0.2, -0.15) is 0 Å². The molecule has 0 fully saturated rings. The highest BCUT2D eigenvalue weighted by Gasteiger charge is 2.13. The second kappa shape index (κ2) is 7.35. The molecule has 1 unspecified atom stereocenters. The van der Waals surface area contributed by atoms with E-state index in [9.17, 15) is 0 Å². The van der Waals surface area contributed by atoms with E-state index in [2.05, 4.69) is 39.7 Å². The fourth-order valence-electron chi connectivity index (χ4n) is 1.69. The van der Waals surface area contributed by atoms with Gasteiger partial charge in [0.15, 0.2) is 0 Å². The van der Waals surface area contributed by atoms with Crippen molar-refractivity contribution in [1.29, 1.82) is 0 Å². The first-order chi connectivity index (χ1) is 9.72. The summed E-state index contributed by atoms with van der Waals surface area (Å²) in [6.45, 7) is 7.84. The van der Waals surface area contributed by atoms with E-state index in [1.165, 1.54) is 4.88 Å². The van der Waals surface area contributed by atoms with Crippen molar-refractivity contribution >= 4 is 17.4 Å². The van der Waals surface area contributed by atoms with Crippen LogP contribution in [-0.2, 0) is 13.0 Å². The molecule has 110 valence electrons. The lowest BCUT2D eigenvalue weighted by atomic mass is 10.4. The van der Waals surface area contributed by atoms with Crippen LogP contribution >= 0.6 is 11.3 Å². The van der Waals surface area contributed by atoms with Crippen LogP contribution in [0.25, 0.3) is 0 Å². The monoisotopic (exact) mass is 295 g/mol. The molecular weight excluding hydrogens is 274 g/mol. The molecule has 6 nitrogen and oxygen atoms in total. The number of hydrogen-bond donors (Lipinski definition) is 2. The van der Waals surface area contributed by atoms with E-state index in [1.54, 1.807) is 11.3 Å². The third-order valence-electron chi connectivity index (χ3n) is 2.80. The summed E-state index contributed by atoms with van der Waals surface area (Å²) in [6, 6.07) is 0.510. The lowest BCUT2D eigenvalue weighted by Gasteiger charge is -2.07. The maximum atomic E-state index is 5.54. The molecule has 0 aliphatic rings. The van der Waals surface area contributed by atoms with Crippen LogP contribution in [0.3, 0.4) is 0 Å². The van der Waals surface area contributed by atoms with Gasteiger partial charge in [0.1, 0.15) is 5.01 Å². The smallest absolute Gasteiger partial charge is 0.316 e. The van der Waals surface area contributed by atoms with Crippen molar-refractivity contribution in [3.63, 3.8) is 0 Å². The van der Waals surface area contributed by atoms with Crippen molar-refractivity contribution in [2.24, 2.45) is 0 Å². The molecule has 0 spiro atoms. The molecule has 0 bridgehead atoms. The number of rotatable bonds is 8. The number of aromatic nitrogens is 3. The lowest BCUT2D eigenvalue weighted by Crippen LogP contribution is -2.13. The van der Waals surface area contributed by atoms with Crippen LogP contribution in [0.15, 0.2) is 10.6 Å². The Kier molecular flexibility index (Phi) is 5.49. The zero-order chi connectivity index (χ0) is 14.4. The first-order valence-corrected chi connectivity index (χ1v) is 7.78. The average molecular weight is 295 g/mol. The fourth-order valence-corrected chi connectivity index (χ4v) is 2.55. The van der Waals surface area contributed by atoms with Gasteiger partial charge in [0.25, 0.3) is 0 Å². The van der Waals surface area contributed by atoms with Gasteiger partial charge in [-0.15, -0.1) is 16.4 Å². The molecule has 0 saturated carbocycles. The molecule has 0 aromatic carbocycles. The molecule has 0 radical (unpaired) electrons. The zero-order valence-corrected chi connectivity index (χ0v) is 13.0. The Morgan fingerprint density at radius 2 is 2.20 bits per heavy atom. The molecule has 2 N–H and O–H groups in total. The SMILES string of the molecule is CCCNCc1nnc(NC(C)c2ncc(CC)s2)o1. The number of aryl methyl sites for hydroxylation is 1. The zero-order valence-electron chi connectivity index (χ0n) is 12.1. The Morgan fingerprint density at radius 3 is 2.90 bits per heavy atom. The van der Waals surface area contributed by atoms with E-state index in [1.807, 2.05) is 13.1 Å². The van der Waals surface area contributed by atoms with Crippen LogP contribution in [0.1, 0.15) is 49.0 Å². The normalized spacial score (nSPS) is 12.6. The van der Waals surface area contributed by atoms with Gasteiger partial charge < -0.3 is 15.1 Å². The van der Waals surface area contributed by atoms with E-state index in [0.29, 0.717) is 18.5 Å². The highest BCUT2D eigenvalue weighted by molar-refractivity contribution is 7.11. The molecule has 0 aliphatic carbocycles. The van der Waals surface area contributed by atoms with Crippen molar-refractivity contribution in [1.82, 2.24) is 20.5 Å². The Balaban J connectivity index is 1.89. The summed E-state index contributed by atoms with van der Waals surface area (Å²) in [7, 11) is 0. The molecule has 7 heteroatoms. The lowest BCUT2D eigenvalue weighted by molar-refractivity contribution is 0.474. The van der Waals surface area contributed by atoms with Crippen molar-refractivity contribution in [3.05, 3.63) is 22.0 Å². The van der Waals surface area contributed by atoms with Gasteiger partial charge in [-0.25, -0.2) is 4.98 Å². The van der Waals surface area contributed by atoms with E-state index in [-0.39, 0.29) is 6.04 Å². The van der Waals surface area contributed by atoms with Crippen LogP contribution in [0.5, 0.6) is 0 Å². The van der Waals surface area contributed by atoms with Gasteiger partial charge in [-0.1, -0.05) is 18.9 Å². The van der Waals surface area contributed by atoms with Gasteiger partial charge >= 0.3 is 6.01 Å². The molecule has 2 rings (SSSR count). The Bertz CT molecular complexity index is 524. The third-order valence-corrected chi connectivity index (χ3v) is 4.12. The highest BCUT2D eigenvalue weighted by Crippen LogP contribution is 2.23. The van der Waals surface area contributed by atoms with Crippen LogP contribution in [0.4, 0.5) is 6.01 Å². The van der Waals surface area contributed by atoms with Gasteiger partial charge in [0.05, 0.1) is 12.6 Å². The fraction of sp³-hybridized carbons (Fsp3) is 0.615. The first kappa shape index (κ1) is 14.9. The van der Waals surface area contributed by atoms with Gasteiger partial charge in [0, 0.05) is 11.1 Å². The van der Waals surface area contributed by atoms with E-state index in [0.717, 1.165) is 24.4 Å². The van der Waals surface area contributed by atoms with Crippen molar-refractivity contribution in [2.75, 3.05) is 11.9 Å². The van der Waals surface area contributed by atoms with Crippen LogP contribution < -0.4 is 10.6 Å². The van der Waals surface area contributed by atoms with E-state index in [4.69, 9.17) is 4.42 Å².